The maximum atomic E-state index is 11.5. The maximum absolute atomic E-state index is 11.5. The van der Waals surface area contributed by atoms with Gasteiger partial charge in [0.05, 0.1) is 24.7 Å². The summed E-state index contributed by atoms with van der Waals surface area (Å²) in [6.45, 7) is 7.62. The smallest absolute Gasteiger partial charge is 0.225 e. The normalized spacial score (nSPS) is 23.9. The molecule has 27 heavy (non-hydrogen) atoms. The molecule has 0 spiro atoms. The molecule has 150 valence electrons. The summed E-state index contributed by atoms with van der Waals surface area (Å²) >= 11 is 0. The minimum Gasteiger partial charge on any atom is -0.493 e. The number of carbonyl (C=O) groups is 1. The molecule has 1 aromatic rings. The Morgan fingerprint density at radius 1 is 1.15 bits per heavy atom. The monoisotopic (exact) mass is 374 g/mol. The molecule has 1 saturated carbocycles. The highest BCUT2D eigenvalue weighted by atomic mass is 16.5. The van der Waals surface area contributed by atoms with Crippen molar-refractivity contribution in [1.29, 1.82) is 0 Å². The number of likely N-dealkylation sites (tertiary alicyclic amines) is 1. The van der Waals surface area contributed by atoms with Crippen LogP contribution in [0.1, 0.15) is 45.1 Å². The zero-order valence-electron chi connectivity index (χ0n) is 16.9. The van der Waals surface area contributed by atoms with E-state index in [0.717, 1.165) is 44.8 Å². The first-order valence-corrected chi connectivity index (χ1v) is 10.3. The van der Waals surface area contributed by atoms with Gasteiger partial charge in [0, 0.05) is 26.7 Å². The quantitative estimate of drug-likeness (QED) is 0.759. The third-order valence-electron chi connectivity index (χ3n) is 5.65. The lowest BCUT2D eigenvalue weighted by atomic mass is 9.88. The van der Waals surface area contributed by atoms with Crippen LogP contribution in [0.5, 0.6) is 5.75 Å². The van der Waals surface area contributed by atoms with E-state index in [1.807, 2.05) is 0 Å². The summed E-state index contributed by atoms with van der Waals surface area (Å²) in [5.74, 6) is 1.89. The van der Waals surface area contributed by atoms with Gasteiger partial charge in [0.1, 0.15) is 5.75 Å². The fraction of sp³-hybridized carbons (Fsp3) is 0.682. The molecule has 1 heterocycles. The average Bonchev–Trinajstić information content (AvgIpc) is 2.63. The van der Waals surface area contributed by atoms with E-state index in [4.69, 9.17) is 9.47 Å². The molecule has 5 nitrogen and oxygen atoms in total. The standard InChI is InChI=1S/C22H34N2O3/c1-16(2)27-21-10-6-18(7-11-21)15-26-20-8-4-17(5-9-20)12-24-13-19(14-24)22(25)23-3/h4-5,8-9,16,18-19,21H,6-7,10-15H2,1-3H3,(H,23,25). The van der Waals surface area contributed by atoms with Crippen molar-refractivity contribution in [3.63, 3.8) is 0 Å². The van der Waals surface area contributed by atoms with E-state index in [2.05, 4.69) is 48.3 Å². The number of hydrogen-bond acceptors (Lipinski definition) is 4. The lowest BCUT2D eigenvalue weighted by Gasteiger charge is -2.38. The second-order valence-electron chi connectivity index (χ2n) is 8.29. The summed E-state index contributed by atoms with van der Waals surface area (Å²) < 4.78 is 11.9. The Morgan fingerprint density at radius 3 is 2.41 bits per heavy atom. The molecule has 0 atom stereocenters. The number of nitrogens with one attached hydrogen (secondary N) is 1. The molecule has 2 fully saturated rings. The van der Waals surface area contributed by atoms with Crippen molar-refractivity contribution in [2.24, 2.45) is 11.8 Å². The number of benzene rings is 1. The van der Waals surface area contributed by atoms with E-state index in [1.54, 1.807) is 7.05 Å². The SMILES string of the molecule is CNC(=O)C1CN(Cc2ccc(OCC3CCC(OC(C)C)CC3)cc2)C1. The fourth-order valence-electron chi connectivity index (χ4n) is 4.05. The van der Waals surface area contributed by atoms with Crippen molar-refractivity contribution in [2.75, 3.05) is 26.7 Å². The Morgan fingerprint density at radius 2 is 1.81 bits per heavy atom. The number of rotatable bonds is 8. The molecule has 0 aromatic heterocycles. The van der Waals surface area contributed by atoms with Crippen molar-refractivity contribution in [3.05, 3.63) is 29.8 Å². The van der Waals surface area contributed by atoms with Crippen molar-refractivity contribution in [3.8, 4) is 5.75 Å². The van der Waals surface area contributed by atoms with Gasteiger partial charge in [-0.05, 0) is 63.1 Å². The predicted molar refractivity (Wildman–Crippen MR) is 107 cm³/mol. The van der Waals surface area contributed by atoms with E-state index in [-0.39, 0.29) is 11.8 Å². The molecule has 0 unspecified atom stereocenters. The van der Waals surface area contributed by atoms with Gasteiger partial charge in [0.25, 0.3) is 0 Å². The molecular weight excluding hydrogens is 340 g/mol. The Balaban J connectivity index is 1.35. The van der Waals surface area contributed by atoms with Crippen molar-refractivity contribution in [2.45, 2.75) is 58.3 Å². The van der Waals surface area contributed by atoms with Crippen LogP contribution in [0.4, 0.5) is 0 Å². The zero-order valence-corrected chi connectivity index (χ0v) is 16.9. The van der Waals surface area contributed by atoms with Crippen LogP contribution in [0.3, 0.4) is 0 Å². The fourth-order valence-corrected chi connectivity index (χ4v) is 4.05. The lowest BCUT2D eigenvalue weighted by Crippen LogP contribution is -2.52. The minimum absolute atomic E-state index is 0.152. The summed E-state index contributed by atoms with van der Waals surface area (Å²) in [6.07, 6.45) is 5.45. The first-order chi connectivity index (χ1) is 13.0. The zero-order chi connectivity index (χ0) is 19.2. The van der Waals surface area contributed by atoms with Crippen LogP contribution in [-0.4, -0.2) is 49.8 Å². The predicted octanol–water partition coefficient (Wildman–Crippen LogP) is 3.23. The average molecular weight is 375 g/mol. The van der Waals surface area contributed by atoms with Gasteiger partial charge >= 0.3 is 0 Å². The lowest BCUT2D eigenvalue weighted by molar-refractivity contribution is -0.129. The van der Waals surface area contributed by atoms with Gasteiger partial charge in [0.15, 0.2) is 0 Å². The molecule has 1 saturated heterocycles. The molecule has 1 aliphatic heterocycles. The van der Waals surface area contributed by atoms with E-state index in [9.17, 15) is 4.79 Å². The minimum atomic E-state index is 0.152. The Kier molecular flexibility index (Phi) is 7.13. The van der Waals surface area contributed by atoms with Gasteiger partial charge in [-0.1, -0.05) is 12.1 Å². The summed E-state index contributed by atoms with van der Waals surface area (Å²) in [6, 6.07) is 8.41. The van der Waals surface area contributed by atoms with Gasteiger partial charge in [0.2, 0.25) is 5.91 Å². The molecule has 0 bridgehead atoms. The number of carbonyl (C=O) groups excluding carboxylic acids is 1. The van der Waals surface area contributed by atoms with Gasteiger partial charge in [-0.25, -0.2) is 0 Å². The topological polar surface area (TPSA) is 50.8 Å². The molecule has 3 rings (SSSR count). The maximum Gasteiger partial charge on any atom is 0.225 e. The highest BCUT2D eigenvalue weighted by molar-refractivity contribution is 5.79. The molecule has 1 aromatic carbocycles. The molecule has 1 amide bonds. The molecular formula is C22H34N2O3. The van der Waals surface area contributed by atoms with E-state index in [1.165, 1.54) is 18.4 Å². The van der Waals surface area contributed by atoms with Gasteiger partial charge in [-0.15, -0.1) is 0 Å². The number of nitrogens with zero attached hydrogens (tertiary/aromatic N) is 1. The number of amides is 1. The van der Waals surface area contributed by atoms with Gasteiger partial charge in [-0.2, -0.15) is 0 Å². The summed E-state index contributed by atoms with van der Waals surface area (Å²) in [5.41, 5.74) is 1.27. The molecule has 0 radical (unpaired) electrons. The second-order valence-corrected chi connectivity index (χ2v) is 8.29. The van der Waals surface area contributed by atoms with Crippen LogP contribution in [0.25, 0.3) is 0 Å². The van der Waals surface area contributed by atoms with Crippen LogP contribution in [0, 0.1) is 11.8 Å². The molecule has 5 heteroatoms. The van der Waals surface area contributed by atoms with Crippen LogP contribution in [0.15, 0.2) is 24.3 Å². The first kappa shape index (κ1) is 20.2. The molecule has 2 aliphatic rings. The highest BCUT2D eigenvalue weighted by Crippen LogP contribution is 2.28. The number of ether oxygens (including phenoxy) is 2. The molecule has 1 aliphatic carbocycles. The van der Waals surface area contributed by atoms with Crippen LogP contribution in [-0.2, 0) is 16.1 Å². The summed E-state index contributed by atoms with van der Waals surface area (Å²) in [5, 5.41) is 2.72. The van der Waals surface area contributed by atoms with Crippen LogP contribution < -0.4 is 10.1 Å². The Bertz CT molecular complexity index is 588. The van der Waals surface area contributed by atoms with Gasteiger partial charge < -0.3 is 14.8 Å². The van der Waals surface area contributed by atoms with Crippen LogP contribution in [0.2, 0.25) is 0 Å². The molecule has 1 N–H and O–H groups in total. The first-order valence-electron chi connectivity index (χ1n) is 10.3. The van der Waals surface area contributed by atoms with E-state index >= 15 is 0 Å². The van der Waals surface area contributed by atoms with Gasteiger partial charge in [-0.3, -0.25) is 9.69 Å². The van der Waals surface area contributed by atoms with Crippen molar-refractivity contribution in [1.82, 2.24) is 10.2 Å². The summed E-state index contributed by atoms with van der Waals surface area (Å²) in [7, 11) is 1.70. The van der Waals surface area contributed by atoms with Crippen LogP contribution >= 0.6 is 0 Å². The third kappa shape index (κ3) is 5.94. The van der Waals surface area contributed by atoms with Crippen molar-refractivity contribution >= 4 is 5.91 Å². The third-order valence-corrected chi connectivity index (χ3v) is 5.65. The Labute approximate surface area is 163 Å². The Hall–Kier alpha value is -1.59. The van der Waals surface area contributed by atoms with E-state index in [0.29, 0.717) is 18.1 Å². The second kappa shape index (κ2) is 9.56. The van der Waals surface area contributed by atoms with E-state index < -0.39 is 0 Å². The summed E-state index contributed by atoms with van der Waals surface area (Å²) in [4.78, 5) is 13.8. The largest absolute Gasteiger partial charge is 0.493 e. The van der Waals surface area contributed by atoms with Crippen molar-refractivity contribution < 1.29 is 14.3 Å². The highest BCUT2D eigenvalue weighted by Gasteiger charge is 2.31. The number of hydrogen-bond donors (Lipinski definition) is 1.